The standard InChI is InChI=1S/C14H18N2O2S.C2H6/c1-4-8(5-2)10-6-9(13(17)18-3)7-11-12(10)16-14(15)19-11;1-2/h6-8H,4-5H2,1-3H3,(H2,15,16);1-2H3. The highest BCUT2D eigenvalue weighted by Gasteiger charge is 2.18. The quantitative estimate of drug-likeness (QED) is 0.839. The van der Waals surface area contributed by atoms with Crippen LogP contribution in [-0.4, -0.2) is 18.1 Å². The zero-order valence-corrected chi connectivity index (χ0v) is 14.2. The first-order valence-electron chi connectivity index (χ1n) is 7.38. The summed E-state index contributed by atoms with van der Waals surface area (Å²) in [5.74, 6) is 0.0645. The lowest BCUT2D eigenvalue weighted by Crippen LogP contribution is -2.04. The van der Waals surface area contributed by atoms with E-state index in [-0.39, 0.29) is 5.97 Å². The highest BCUT2D eigenvalue weighted by molar-refractivity contribution is 7.22. The van der Waals surface area contributed by atoms with Crippen LogP contribution in [0.15, 0.2) is 12.1 Å². The largest absolute Gasteiger partial charge is 0.465 e. The third-order valence-corrected chi connectivity index (χ3v) is 4.22. The second-order valence-corrected chi connectivity index (χ2v) is 5.53. The Morgan fingerprint density at radius 2 is 1.95 bits per heavy atom. The van der Waals surface area contributed by atoms with Crippen molar-refractivity contribution in [2.45, 2.75) is 46.5 Å². The molecule has 2 aromatic rings. The number of methoxy groups -OCH3 is 1. The number of anilines is 1. The number of nitrogen functional groups attached to an aromatic ring is 1. The summed E-state index contributed by atoms with van der Waals surface area (Å²) in [5, 5.41) is 0.532. The van der Waals surface area contributed by atoms with Crippen LogP contribution in [0.25, 0.3) is 10.2 Å². The van der Waals surface area contributed by atoms with E-state index in [4.69, 9.17) is 10.5 Å². The zero-order chi connectivity index (χ0) is 16.0. The fourth-order valence-corrected chi connectivity index (χ4v) is 3.16. The second-order valence-electron chi connectivity index (χ2n) is 4.47. The van der Waals surface area contributed by atoms with Crippen LogP contribution < -0.4 is 5.73 Å². The number of benzene rings is 1. The lowest BCUT2D eigenvalue weighted by Gasteiger charge is -2.14. The molecule has 1 aromatic carbocycles. The molecule has 0 atom stereocenters. The van der Waals surface area contributed by atoms with Crippen LogP contribution in [0.5, 0.6) is 0 Å². The topological polar surface area (TPSA) is 65.2 Å². The normalized spacial score (nSPS) is 10.4. The maximum absolute atomic E-state index is 11.7. The van der Waals surface area contributed by atoms with Crippen molar-refractivity contribution >= 4 is 32.7 Å². The third kappa shape index (κ3) is 3.73. The molecular formula is C16H24N2O2S. The van der Waals surface area contributed by atoms with Crippen molar-refractivity contribution in [3.63, 3.8) is 0 Å². The number of nitrogens with zero attached hydrogens (tertiary/aromatic N) is 1. The smallest absolute Gasteiger partial charge is 0.337 e. The molecule has 2 rings (SSSR count). The van der Waals surface area contributed by atoms with E-state index in [0.717, 1.165) is 28.6 Å². The maximum Gasteiger partial charge on any atom is 0.337 e. The van der Waals surface area contributed by atoms with Gasteiger partial charge in [-0.2, -0.15) is 0 Å². The van der Waals surface area contributed by atoms with Gasteiger partial charge in [-0.25, -0.2) is 9.78 Å². The van der Waals surface area contributed by atoms with E-state index in [2.05, 4.69) is 18.8 Å². The molecule has 2 N–H and O–H groups in total. The first-order chi connectivity index (χ1) is 10.1. The summed E-state index contributed by atoms with van der Waals surface area (Å²) in [4.78, 5) is 16.1. The Bertz CT molecular complexity index is 604. The van der Waals surface area contributed by atoms with E-state index >= 15 is 0 Å². The molecule has 0 radical (unpaired) electrons. The van der Waals surface area contributed by atoms with Gasteiger partial charge in [-0.3, -0.25) is 0 Å². The van der Waals surface area contributed by atoms with Gasteiger partial charge in [0.25, 0.3) is 0 Å². The highest BCUT2D eigenvalue weighted by atomic mass is 32.1. The van der Waals surface area contributed by atoms with Gasteiger partial charge in [0.1, 0.15) is 0 Å². The lowest BCUT2D eigenvalue weighted by molar-refractivity contribution is 0.0601. The molecule has 5 heteroatoms. The fourth-order valence-electron chi connectivity index (χ4n) is 2.35. The van der Waals surface area contributed by atoms with Crippen molar-refractivity contribution in [2.75, 3.05) is 12.8 Å². The van der Waals surface area contributed by atoms with E-state index in [1.807, 2.05) is 19.9 Å². The average Bonchev–Trinajstić information content (AvgIpc) is 2.89. The van der Waals surface area contributed by atoms with Crippen molar-refractivity contribution < 1.29 is 9.53 Å². The summed E-state index contributed by atoms with van der Waals surface area (Å²) in [5.41, 5.74) is 8.38. The lowest BCUT2D eigenvalue weighted by atomic mass is 9.92. The summed E-state index contributed by atoms with van der Waals surface area (Å²) < 4.78 is 5.75. The van der Waals surface area contributed by atoms with Gasteiger partial charge >= 0.3 is 5.97 Å². The molecule has 0 saturated carbocycles. The molecule has 0 spiro atoms. The molecule has 0 unspecified atom stereocenters. The van der Waals surface area contributed by atoms with Crippen LogP contribution in [0.1, 0.15) is 62.4 Å². The zero-order valence-electron chi connectivity index (χ0n) is 13.4. The van der Waals surface area contributed by atoms with Gasteiger partial charge in [-0.1, -0.05) is 39.0 Å². The summed E-state index contributed by atoms with van der Waals surface area (Å²) in [6, 6.07) is 3.70. The number of hydrogen-bond donors (Lipinski definition) is 1. The Kier molecular flexibility index (Phi) is 6.62. The van der Waals surface area contributed by atoms with Crippen LogP contribution in [0, 0.1) is 0 Å². The molecule has 0 amide bonds. The first-order valence-corrected chi connectivity index (χ1v) is 8.20. The maximum atomic E-state index is 11.7. The molecular weight excluding hydrogens is 284 g/mol. The van der Waals surface area contributed by atoms with E-state index in [0.29, 0.717) is 16.6 Å². The van der Waals surface area contributed by atoms with Gasteiger partial charge < -0.3 is 10.5 Å². The van der Waals surface area contributed by atoms with Crippen molar-refractivity contribution in [3.05, 3.63) is 23.3 Å². The van der Waals surface area contributed by atoms with Crippen LogP contribution in [-0.2, 0) is 4.74 Å². The van der Waals surface area contributed by atoms with Gasteiger partial charge in [0.15, 0.2) is 5.13 Å². The minimum atomic E-state index is -0.318. The fraction of sp³-hybridized carbons (Fsp3) is 0.500. The summed E-state index contributed by atoms with van der Waals surface area (Å²) >= 11 is 1.41. The van der Waals surface area contributed by atoms with Gasteiger partial charge in [0.05, 0.1) is 22.9 Å². The number of aromatic nitrogens is 1. The van der Waals surface area contributed by atoms with Crippen molar-refractivity contribution in [1.29, 1.82) is 0 Å². The van der Waals surface area contributed by atoms with Gasteiger partial charge in [0.2, 0.25) is 0 Å². The van der Waals surface area contributed by atoms with Gasteiger partial charge in [0, 0.05) is 0 Å². The molecule has 4 nitrogen and oxygen atoms in total. The number of hydrogen-bond acceptors (Lipinski definition) is 5. The minimum absolute atomic E-state index is 0.318. The number of ether oxygens (including phenoxy) is 1. The van der Waals surface area contributed by atoms with Crippen LogP contribution in [0.4, 0.5) is 5.13 Å². The molecule has 21 heavy (non-hydrogen) atoms. The molecule has 0 fully saturated rings. The Balaban J connectivity index is 0.00000106. The first kappa shape index (κ1) is 17.4. The van der Waals surface area contributed by atoms with Crippen molar-refractivity contribution in [1.82, 2.24) is 4.98 Å². The predicted octanol–water partition coefficient (Wildman–Crippen LogP) is 4.59. The Labute approximate surface area is 130 Å². The Hall–Kier alpha value is -1.62. The second kappa shape index (κ2) is 7.98. The monoisotopic (exact) mass is 308 g/mol. The van der Waals surface area contributed by atoms with Crippen molar-refractivity contribution in [2.24, 2.45) is 0 Å². The van der Waals surface area contributed by atoms with Crippen LogP contribution >= 0.6 is 11.3 Å². The molecule has 0 aliphatic carbocycles. The number of thiazole rings is 1. The molecule has 116 valence electrons. The Morgan fingerprint density at radius 3 is 2.48 bits per heavy atom. The summed E-state index contributed by atoms with van der Waals surface area (Å²) in [7, 11) is 1.39. The highest BCUT2D eigenvalue weighted by Crippen LogP contribution is 2.34. The number of rotatable bonds is 4. The SMILES string of the molecule is CC.CCC(CC)c1cc(C(=O)OC)cc2sc(N)nc12. The number of esters is 1. The molecule has 1 aromatic heterocycles. The van der Waals surface area contributed by atoms with E-state index in [1.54, 1.807) is 6.07 Å². The van der Waals surface area contributed by atoms with Crippen LogP contribution in [0.3, 0.4) is 0 Å². The van der Waals surface area contributed by atoms with Crippen LogP contribution in [0.2, 0.25) is 0 Å². The molecule has 0 aliphatic rings. The number of nitrogens with two attached hydrogens (primary N) is 1. The predicted molar refractivity (Wildman–Crippen MR) is 90.0 cm³/mol. The molecule has 0 bridgehead atoms. The molecule has 0 aliphatic heterocycles. The summed E-state index contributed by atoms with van der Waals surface area (Å²) in [6.07, 6.45) is 2.02. The minimum Gasteiger partial charge on any atom is -0.465 e. The molecule has 0 saturated heterocycles. The van der Waals surface area contributed by atoms with Crippen molar-refractivity contribution in [3.8, 4) is 0 Å². The number of carbonyl (C=O) groups is 1. The molecule has 1 heterocycles. The average molecular weight is 308 g/mol. The van der Waals surface area contributed by atoms with E-state index in [1.165, 1.54) is 18.4 Å². The number of fused-ring (bicyclic) bond motifs is 1. The van der Waals surface area contributed by atoms with Gasteiger partial charge in [-0.15, -0.1) is 0 Å². The summed E-state index contributed by atoms with van der Waals surface area (Å²) in [6.45, 7) is 8.28. The van der Waals surface area contributed by atoms with E-state index < -0.39 is 0 Å². The van der Waals surface area contributed by atoms with E-state index in [9.17, 15) is 4.79 Å². The Morgan fingerprint density at radius 1 is 1.33 bits per heavy atom. The van der Waals surface area contributed by atoms with Gasteiger partial charge in [-0.05, 0) is 36.5 Å². The third-order valence-electron chi connectivity index (χ3n) is 3.39. The number of carbonyl (C=O) groups excluding carboxylic acids is 1.